The second-order valence-electron chi connectivity index (χ2n) is 4.48. The number of carbonyl (C=O) groups is 2. The number of rotatable bonds is 5. The van der Waals surface area contributed by atoms with Gasteiger partial charge >= 0.3 is 5.97 Å². The Hall–Kier alpha value is -2.70. The molecular weight excluding hydrogens is 276 g/mol. The molecule has 0 unspecified atom stereocenters. The van der Waals surface area contributed by atoms with E-state index < -0.39 is 17.9 Å². The number of aliphatic carboxylic acids is 1. The van der Waals surface area contributed by atoms with E-state index >= 15 is 0 Å². The summed E-state index contributed by atoms with van der Waals surface area (Å²) < 4.78 is 10.5. The van der Waals surface area contributed by atoms with Crippen molar-refractivity contribution < 1.29 is 24.2 Å². The Labute approximate surface area is 120 Å². The van der Waals surface area contributed by atoms with Crippen LogP contribution < -0.4 is 14.8 Å². The Bertz CT molecular complexity index is 651. The lowest BCUT2D eigenvalue weighted by molar-refractivity contribution is -0.138. The molecule has 3 N–H and O–H groups in total. The number of benzene rings is 1. The minimum absolute atomic E-state index is 0.237. The van der Waals surface area contributed by atoms with E-state index in [1.807, 2.05) is 0 Å². The number of amides is 1. The molecule has 0 spiro atoms. The summed E-state index contributed by atoms with van der Waals surface area (Å²) in [6, 6.07) is 4.07. The molecule has 2 aromatic rings. The van der Waals surface area contributed by atoms with Crippen molar-refractivity contribution in [3.8, 4) is 11.5 Å². The summed E-state index contributed by atoms with van der Waals surface area (Å²) in [7, 11) is 3.05. The summed E-state index contributed by atoms with van der Waals surface area (Å²) in [6.07, 6.45) is 0. The Morgan fingerprint density at radius 2 is 1.86 bits per heavy atom. The molecule has 0 aliphatic rings. The predicted octanol–water partition coefficient (Wildman–Crippen LogP) is 1.39. The quantitative estimate of drug-likeness (QED) is 0.773. The average molecular weight is 292 g/mol. The van der Waals surface area contributed by atoms with E-state index in [0.29, 0.717) is 22.4 Å². The van der Waals surface area contributed by atoms with Crippen molar-refractivity contribution in [3.63, 3.8) is 0 Å². The lowest BCUT2D eigenvalue weighted by Crippen LogP contribution is -2.38. The molecule has 1 aromatic carbocycles. The third-order valence-corrected chi connectivity index (χ3v) is 3.12. The van der Waals surface area contributed by atoms with E-state index in [1.165, 1.54) is 21.1 Å². The fraction of sp³-hybridized carbons (Fsp3) is 0.286. The minimum atomic E-state index is -1.10. The first-order chi connectivity index (χ1) is 9.97. The van der Waals surface area contributed by atoms with Gasteiger partial charge < -0.3 is 24.9 Å². The van der Waals surface area contributed by atoms with Crippen LogP contribution in [0, 0.1) is 0 Å². The maximum Gasteiger partial charge on any atom is 0.325 e. The number of hydrogen-bond acceptors (Lipinski definition) is 4. The van der Waals surface area contributed by atoms with E-state index in [4.69, 9.17) is 14.6 Å². The number of hydrogen-bond donors (Lipinski definition) is 3. The minimum Gasteiger partial charge on any atom is -0.496 e. The lowest BCUT2D eigenvalue weighted by atomic mass is 10.2. The maximum absolute atomic E-state index is 12.0. The van der Waals surface area contributed by atoms with Crippen LogP contribution in [0.1, 0.15) is 17.4 Å². The predicted molar refractivity (Wildman–Crippen MR) is 76.0 cm³/mol. The normalized spacial score (nSPS) is 12.0. The molecule has 0 fully saturated rings. The van der Waals surface area contributed by atoms with Crippen LogP contribution in [0.2, 0.25) is 0 Å². The number of aromatic amines is 1. The van der Waals surface area contributed by atoms with Crippen LogP contribution in [0.15, 0.2) is 18.2 Å². The largest absolute Gasteiger partial charge is 0.496 e. The summed E-state index contributed by atoms with van der Waals surface area (Å²) in [6.45, 7) is 1.39. The third-order valence-electron chi connectivity index (χ3n) is 3.12. The van der Waals surface area contributed by atoms with E-state index in [0.717, 1.165) is 0 Å². The van der Waals surface area contributed by atoms with Gasteiger partial charge in [0, 0.05) is 5.39 Å². The number of carboxylic acids is 1. The highest BCUT2D eigenvalue weighted by Crippen LogP contribution is 2.33. The van der Waals surface area contributed by atoms with Gasteiger partial charge in [-0.05, 0) is 25.1 Å². The van der Waals surface area contributed by atoms with Crippen LogP contribution in [-0.4, -0.2) is 42.2 Å². The van der Waals surface area contributed by atoms with E-state index in [-0.39, 0.29) is 5.69 Å². The number of H-pyrrole nitrogens is 1. The van der Waals surface area contributed by atoms with Crippen molar-refractivity contribution in [2.45, 2.75) is 13.0 Å². The molecule has 0 radical (unpaired) electrons. The zero-order chi connectivity index (χ0) is 15.6. The van der Waals surface area contributed by atoms with Gasteiger partial charge in [0.2, 0.25) is 0 Å². The molecule has 0 aliphatic carbocycles. The standard InChI is InChI=1S/C14H16N2O5/c1-7(14(18)19)15-13(17)9-6-8-10(20-2)4-5-11(21-3)12(8)16-9/h4-7,16H,1-3H3,(H,15,17)(H,18,19)/t7-/m1/s1. The number of carbonyl (C=O) groups excluding carboxylic acids is 1. The first-order valence-corrected chi connectivity index (χ1v) is 6.25. The molecule has 1 heterocycles. The molecule has 112 valence electrons. The Kier molecular flexibility index (Phi) is 4.02. The molecule has 7 heteroatoms. The van der Waals surface area contributed by atoms with Gasteiger partial charge in [-0.25, -0.2) is 0 Å². The zero-order valence-electron chi connectivity index (χ0n) is 11.9. The molecule has 21 heavy (non-hydrogen) atoms. The number of ether oxygens (including phenoxy) is 2. The van der Waals surface area contributed by atoms with Gasteiger partial charge in [-0.2, -0.15) is 0 Å². The molecule has 1 atom stereocenters. The molecule has 0 bridgehead atoms. The molecule has 2 rings (SSSR count). The van der Waals surface area contributed by atoms with Crippen molar-refractivity contribution in [1.29, 1.82) is 0 Å². The van der Waals surface area contributed by atoms with Gasteiger partial charge in [0.1, 0.15) is 23.2 Å². The lowest BCUT2D eigenvalue weighted by Gasteiger charge is -2.07. The van der Waals surface area contributed by atoms with Crippen LogP contribution in [0.25, 0.3) is 10.9 Å². The number of aromatic nitrogens is 1. The first-order valence-electron chi connectivity index (χ1n) is 6.25. The van der Waals surface area contributed by atoms with Crippen molar-refractivity contribution in [3.05, 3.63) is 23.9 Å². The Morgan fingerprint density at radius 3 is 2.43 bits per heavy atom. The summed E-state index contributed by atoms with van der Waals surface area (Å²) in [4.78, 5) is 25.7. The van der Waals surface area contributed by atoms with Crippen molar-refractivity contribution >= 4 is 22.8 Å². The van der Waals surface area contributed by atoms with E-state index in [1.54, 1.807) is 18.2 Å². The first kappa shape index (κ1) is 14.7. The summed E-state index contributed by atoms with van der Waals surface area (Å²) >= 11 is 0. The van der Waals surface area contributed by atoms with Crippen molar-refractivity contribution in [1.82, 2.24) is 10.3 Å². The molecule has 0 aliphatic heterocycles. The van der Waals surface area contributed by atoms with Crippen LogP contribution in [0.4, 0.5) is 0 Å². The fourth-order valence-electron chi connectivity index (χ4n) is 1.97. The summed E-state index contributed by atoms with van der Waals surface area (Å²) in [5, 5.41) is 11.9. The van der Waals surface area contributed by atoms with Gasteiger partial charge in [-0.3, -0.25) is 9.59 Å². The van der Waals surface area contributed by atoms with Gasteiger partial charge in [-0.15, -0.1) is 0 Å². The second kappa shape index (κ2) is 5.74. The average Bonchev–Trinajstić information content (AvgIpc) is 2.91. The van der Waals surface area contributed by atoms with Crippen LogP contribution >= 0.6 is 0 Å². The van der Waals surface area contributed by atoms with Crippen molar-refractivity contribution in [2.75, 3.05) is 14.2 Å². The highest BCUT2D eigenvalue weighted by atomic mass is 16.5. The molecule has 0 saturated heterocycles. The number of carboxylic acid groups (broad SMARTS) is 1. The molecular formula is C14H16N2O5. The zero-order valence-corrected chi connectivity index (χ0v) is 11.9. The number of methoxy groups -OCH3 is 2. The Balaban J connectivity index is 2.42. The molecule has 1 amide bonds. The maximum atomic E-state index is 12.0. The highest BCUT2D eigenvalue weighted by molar-refractivity contribution is 6.02. The third kappa shape index (κ3) is 2.76. The van der Waals surface area contributed by atoms with Crippen LogP contribution in [0.3, 0.4) is 0 Å². The summed E-state index contributed by atoms with van der Waals surface area (Å²) in [5.41, 5.74) is 0.853. The van der Waals surface area contributed by atoms with E-state index in [9.17, 15) is 9.59 Å². The molecule has 1 aromatic heterocycles. The molecule has 0 saturated carbocycles. The van der Waals surface area contributed by atoms with Gasteiger partial charge in [0.25, 0.3) is 5.91 Å². The molecule has 7 nitrogen and oxygen atoms in total. The Morgan fingerprint density at radius 1 is 1.24 bits per heavy atom. The highest BCUT2D eigenvalue weighted by Gasteiger charge is 2.19. The fourth-order valence-corrected chi connectivity index (χ4v) is 1.97. The van der Waals surface area contributed by atoms with Gasteiger partial charge in [0.15, 0.2) is 0 Å². The topological polar surface area (TPSA) is 101 Å². The monoisotopic (exact) mass is 292 g/mol. The smallest absolute Gasteiger partial charge is 0.325 e. The summed E-state index contributed by atoms with van der Waals surface area (Å²) in [5.74, 6) is -0.455. The van der Waals surface area contributed by atoms with Gasteiger partial charge in [0.05, 0.1) is 19.7 Å². The van der Waals surface area contributed by atoms with E-state index in [2.05, 4.69) is 10.3 Å². The number of nitrogens with one attached hydrogen (secondary N) is 2. The van der Waals surface area contributed by atoms with Gasteiger partial charge in [-0.1, -0.05) is 0 Å². The van der Waals surface area contributed by atoms with Crippen LogP contribution in [-0.2, 0) is 4.79 Å². The number of fused-ring (bicyclic) bond motifs is 1. The SMILES string of the molecule is COc1ccc(OC)c2[nH]c(C(=O)N[C@H](C)C(=O)O)cc12. The van der Waals surface area contributed by atoms with Crippen molar-refractivity contribution in [2.24, 2.45) is 0 Å². The van der Waals surface area contributed by atoms with Crippen LogP contribution in [0.5, 0.6) is 11.5 Å². The second-order valence-corrected chi connectivity index (χ2v) is 4.48.